The van der Waals surface area contributed by atoms with Crippen LogP contribution >= 0.6 is 22.9 Å². The SMILES string of the molecule is COc1c(C)cc(/[N+](I)=C(\C)c2c(C(C)C)cc(C)c(C)c2C)cc1C. The van der Waals surface area contributed by atoms with Gasteiger partial charge in [0.15, 0.2) is 5.71 Å². The molecule has 0 radical (unpaired) electrons. The van der Waals surface area contributed by atoms with Crippen molar-refractivity contribution in [2.24, 2.45) is 0 Å². The lowest BCUT2D eigenvalue weighted by Gasteiger charge is -2.18. The van der Waals surface area contributed by atoms with Crippen LogP contribution in [0, 0.1) is 34.6 Å². The molecule has 0 saturated heterocycles. The third-order valence-electron chi connectivity index (χ3n) is 5.34. The van der Waals surface area contributed by atoms with Crippen LogP contribution in [-0.2, 0) is 0 Å². The van der Waals surface area contributed by atoms with Crippen molar-refractivity contribution in [3.8, 4) is 5.75 Å². The van der Waals surface area contributed by atoms with Gasteiger partial charge in [0, 0.05) is 24.6 Å². The van der Waals surface area contributed by atoms with Crippen molar-refractivity contribution in [2.45, 2.75) is 61.3 Å². The molecule has 0 aliphatic carbocycles. The second kappa shape index (κ2) is 8.12. The van der Waals surface area contributed by atoms with Gasteiger partial charge >= 0.3 is 22.9 Å². The van der Waals surface area contributed by atoms with E-state index in [1.165, 1.54) is 39.2 Å². The predicted octanol–water partition coefficient (Wildman–Crippen LogP) is 6.86. The number of hydrogen-bond acceptors (Lipinski definition) is 1. The number of ether oxygens (including phenoxy) is 1. The maximum absolute atomic E-state index is 5.53. The van der Waals surface area contributed by atoms with E-state index in [0.717, 1.165) is 16.9 Å². The summed E-state index contributed by atoms with van der Waals surface area (Å²) in [5.74, 6) is 1.46. The van der Waals surface area contributed by atoms with E-state index in [1.54, 1.807) is 7.11 Å². The van der Waals surface area contributed by atoms with Crippen molar-refractivity contribution in [3.05, 3.63) is 57.1 Å². The first-order valence-electron chi connectivity index (χ1n) is 9.15. The molecule has 0 aliphatic rings. The summed E-state index contributed by atoms with van der Waals surface area (Å²) in [6.45, 7) is 17.7. The van der Waals surface area contributed by atoms with Gasteiger partial charge in [0.05, 0.1) is 7.11 Å². The molecule has 0 unspecified atom stereocenters. The number of halogens is 1. The van der Waals surface area contributed by atoms with Crippen LogP contribution in [0.1, 0.15) is 65.6 Å². The number of hydrogen-bond donors (Lipinski definition) is 0. The highest BCUT2D eigenvalue weighted by molar-refractivity contribution is 14.1. The third kappa shape index (κ3) is 3.83. The summed E-state index contributed by atoms with van der Waals surface area (Å²) in [5.41, 5.74) is 11.7. The molecule has 0 aromatic heterocycles. The fraction of sp³-hybridized carbons (Fsp3) is 0.435. The van der Waals surface area contributed by atoms with Gasteiger partial charge in [-0.3, -0.25) is 0 Å². The highest BCUT2D eigenvalue weighted by atomic mass is 127. The van der Waals surface area contributed by atoms with E-state index in [1.807, 2.05) is 0 Å². The molecule has 3 heteroatoms. The number of benzene rings is 2. The van der Waals surface area contributed by atoms with Gasteiger partial charge in [-0.25, -0.2) is 0 Å². The van der Waals surface area contributed by atoms with Crippen LogP contribution in [0.3, 0.4) is 0 Å². The quantitative estimate of drug-likeness (QED) is 0.273. The molecular formula is C23H31INO+. The van der Waals surface area contributed by atoms with Gasteiger partial charge in [0.25, 0.3) is 0 Å². The third-order valence-corrected chi connectivity index (χ3v) is 6.62. The molecule has 0 aliphatic heterocycles. The van der Waals surface area contributed by atoms with Gasteiger partial charge in [-0.1, -0.05) is 19.9 Å². The van der Waals surface area contributed by atoms with Crippen molar-refractivity contribution >= 4 is 34.3 Å². The summed E-state index contributed by atoms with van der Waals surface area (Å²) in [6, 6.07) is 6.77. The Morgan fingerprint density at radius 2 is 1.46 bits per heavy atom. The molecule has 0 N–H and O–H groups in total. The predicted molar refractivity (Wildman–Crippen MR) is 121 cm³/mol. The zero-order chi connectivity index (χ0) is 19.8. The molecule has 140 valence electrons. The number of nitrogens with zero attached hydrogens (tertiary/aromatic N) is 1. The Hall–Kier alpha value is -1.36. The van der Waals surface area contributed by atoms with Gasteiger partial charge in [0.2, 0.25) is 5.69 Å². The molecular weight excluding hydrogens is 433 g/mol. The van der Waals surface area contributed by atoms with Crippen molar-refractivity contribution in [1.82, 2.24) is 0 Å². The Balaban J connectivity index is 2.75. The Bertz CT molecular complexity index is 855. The minimum absolute atomic E-state index is 0.488. The largest absolute Gasteiger partial charge is 0.496 e. The van der Waals surface area contributed by atoms with Crippen LogP contribution in [0.5, 0.6) is 5.75 Å². The summed E-state index contributed by atoms with van der Waals surface area (Å²) in [5, 5.41) is 0. The van der Waals surface area contributed by atoms with E-state index in [9.17, 15) is 0 Å². The fourth-order valence-electron chi connectivity index (χ4n) is 3.70. The molecule has 0 fully saturated rings. The van der Waals surface area contributed by atoms with Crippen LogP contribution in [0.25, 0.3) is 0 Å². The number of methoxy groups -OCH3 is 1. The van der Waals surface area contributed by atoms with Crippen LogP contribution < -0.4 is 4.74 Å². The standard InChI is InChI=1S/C23H31INO/c1-13(2)21-12-14(3)17(6)18(7)22(21)19(8)25(24)20-10-15(4)23(26-9)16(5)11-20/h10-13H,1-9H3/q+1/b25-19-. The first kappa shape index (κ1) is 20.9. The topological polar surface area (TPSA) is 12.2 Å². The fourth-order valence-corrected chi connectivity index (χ4v) is 4.22. The lowest BCUT2D eigenvalue weighted by Crippen LogP contribution is -2.14. The normalized spacial score (nSPS) is 12.4. The second-order valence-electron chi connectivity index (χ2n) is 7.54. The number of aryl methyl sites for hydroxylation is 3. The van der Waals surface area contributed by atoms with E-state index in [0.29, 0.717) is 5.92 Å². The minimum atomic E-state index is 0.488. The zero-order valence-corrected chi connectivity index (χ0v) is 19.7. The van der Waals surface area contributed by atoms with Crippen LogP contribution in [0.4, 0.5) is 5.69 Å². The van der Waals surface area contributed by atoms with Crippen molar-refractivity contribution in [3.63, 3.8) is 0 Å². The smallest absolute Gasteiger partial charge is 0.354 e. The molecule has 0 heterocycles. The Morgan fingerprint density at radius 3 is 1.92 bits per heavy atom. The van der Waals surface area contributed by atoms with Crippen molar-refractivity contribution in [2.75, 3.05) is 7.11 Å². The zero-order valence-electron chi connectivity index (χ0n) is 17.5. The summed E-state index contributed by atoms with van der Waals surface area (Å²) in [6.07, 6.45) is 0. The summed E-state index contributed by atoms with van der Waals surface area (Å²) >= 11 is 2.43. The molecule has 0 atom stereocenters. The van der Waals surface area contributed by atoms with Gasteiger partial charge in [-0.2, -0.15) is 0 Å². The average Bonchev–Trinajstić information content (AvgIpc) is 2.57. The van der Waals surface area contributed by atoms with Crippen molar-refractivity contribution in [1.29, 1.82) is 0 Å². The maximum atomic E-state index is 5.53. The van der Waals surface area contributed by atoms with Gasteiger partial charge < -0.3 is 4.74 Å². The van der Waals surface area contributed by atoms with Crippen LogP contribution in [-0.4, -0.2) is 15.6 Å². The Labute approximate surface area is 172 Å². The summed E-state index contributed by atoms with van der Waals surface area (Å²) in [4.78, 5) is 0. The highest BCUT2D eigenvalue weighted by Crippen LogP contribution is 2.32. The average molecular weight is 464 g/mol. The first-order chi connectivity index (χ1) is 12.1. The molecule has 2 aromatic carbocycles. The monoisotopic (exact) mass is 464 g/mol. The molecule has 0 spiro atoms. The summed E-state index contributed by atoms with van der Waals surface area (Å²) in [7, 11) is 1.74. The minimum Gasteiger partial charge on any atom is -0.496 e. The van der Waals surface area contributed by atoms with Crippen LogP contribution in [0.15, 0.2) is 18.2 Å². The van der Waals surface area contributed by atoms with Crippen molar-refractivity contribution < 1.29 is 7.53 Å². The van der Waals surface area contributed by atoms with Crippen LogP contribution in [0.2, 0.25) is 0 Å². The molecule has 0 amide bonds. The molecule has 2 rings (SSSR count). The molecule has 0 saturated carbocycles. The van der Waals surface area contributed by atoms with Gasteiger partial charge in [-0.05, 0) is 73.9 Å². The molecule has 26 heavy (non-hydrogen) atoms. The van der Waals surface area contributed by atoms with E-state index in [2.05, 4.69) is 99.2 Å². The lowest BCUT2D eigenvalue weighted by atomic mass is 9.86. The first-order valence-corrected chi connectivity index (χ1v) is 10.1. The maximum Gasteiger partial charge on any atom is 0.354 e. The van der Waals surface area contributed by atoms with Gasteiger partial charge in [0.1, 0.15) is 5.75 Å². The second-order valence-corrected chi connectivity index (χ2v) is 8.51. The molecule has 2 nitrogen and oxygen atoms in total. The highest BCUT2D eigenvalue weighted by Gasteiger charge is 2.23. The van der Waals surface area contributed by atoms with E-state index < -0.39 is 0 Å². The molecule has 2 aromatic rings. The Morgan fingerprint density at radius 1 is 0.923 bits per heavy atom. The number of rotatable bonds is 4. The van der Waals surface area contributed by atoms with E-state index in [4.69, 9.17) is 4.74 Å². The lowest BCUT2D eigenvalue weighted by molar-refractivity contribution is -0.181. The summed E-state index contributed by atoms with van der Waals surface area (Å²) < 4.78 is 7.80. The molecule has 0 bridgehead atoms. The Kier molecular flexibility index (Phi) is 6.54. The van der Waals surface area contributed by atoms with E-state index in [-0.39, 0.29) is 0 Å². The van der Waals surface area contributed by atoms with E-state index >= 15 is 0 Å². The van der Waals surface area contributed by atoms with Gasteiger partial charge in [-0.15, -0.1) is 2.79 Å².